The molecule has 0 aliphatic carbocycles. The summed E-state index contributed by atoms with van der Waals surface area (Å²) in [5.74, 6) is 0.694. The van der Waals surface area contributed by atoms with E-state index in [2.05, 4.69) is 10.2 Å². The number of methoxy groups -OCH3 is 1. The number of nitrogens with one attached hydrogen (secondary N) is 1. The second kappa shape index (κ2) is 7.00. The zero-order chi connectivity index (χ0) is 16.9. The molecule has 0 spiro atoms. The first-order chi connectivity index (χ1) is 11.7. The largest absolute Gasteiger partial charge is 0.497 e. The number of carbonyl (C=O) groups excluding carboxylic acids is 1. The molecule has 5 heteroatoms. The van der Waals surface area contributed by atoms with Crippen molar-refractivity contribution in [3.05, 3.63) is 71.9 Å². The second-order valence-electron chi connectivity index (χ2n) is 5.54. The first kappa shape index (κ1) is 15.8. The van der Waals surface area contributed by atoms with Gasteiger partial charge in [0.15, 0.2) is 0 Å². The van der Waals surface area contributed by atoms with E-state index in [0.29, 0.717) is 12.2 Å². The Kier molecular flexibility index (Phi) is 4.61. The van der Waals surface area contributed by atoms with Gasteiger partial charge >= 0.3 is 0 Å². The molecule has 0 atom stereocenters. The van der Waals surface area contributed by atoms with E-state index in [-0.39, 0.29) is 5.91 Å². The smallest absolute Gasteiger partial charge is 0.271 e. The van der Waals surface area contributed by atoms with Gasteiger partial charge in [0.1, 0.15) is 11.4 Å². The number of aromatic amines is 1. The van der Waals surface area contributed by atoms with E-state index >= 15 is 0 Å². The Morgan fingerprint density at radius 3 is 2.50 bits per heavy atom. The summed E-state index contributed by atoms with van der Waals surface area (Å²) in [5.41, 5.74) is 3.22. The van der Waals surface area contributed by atoms with E-state index < -0.39 is 0 Å². The summed E-state index contributed by atoms with van der Waals surface area (Å²) < 4.78 is 5.15. The molecule has 1 amide bonds. The second-order valence-corrected chi connectivity index (χ2v) is 5.54. The van der Waals surface area contributed by atoms with Crippen molar-refractivity contribution < 1.29 is 9.53 Å². The minimum absolute atomic E-state index is 0.0916. The van der Waals surface area contributed by atoms with Crippen molar-refractivity contribution in [3.63, 3.8) is 0 Å². The normalized spacial score (nSPS) is 10.4. The van der Waals surface area contributed by atoms with Crippen molar-refractivity contribution in [1.82, 2.24) is 15.1 Å². The number of carbonyl (C=O) groups is 1. The topological polar surface area (TPSA) is 58.2 Å². The first-order valence-corrected chi connectivity index (χ1v) is 7.66. The number of hydrogen-bond acceptors (Lipinski definition) is 3. The quantitative estimate of drug-likeness (QED) is 0.784. The molecule has 0 radical (unpaired) electrons. The molecular weight excluding hydrogens is 302 g/mol. The fourth-order valence-electron chi connectivity index (χ4n) is 2.48. The van der Waals surface area contributed by atoms with Gasteiger partial charge in [0.05, 0.1) is 12.8 Å². The molecular formula is C19H19N3O2. The van der Waals surface area contributed by atoms with Crippen LogP contribution in [0.25, 0.3) is 11.3 Å². The molecule has 0 saturated carbocycles. The Hall–Kier alpha value is -3.08. The lowest BCUT2D eigenvalue weighted by atomic mass is 10.1. The number of rotatable bonds is 5. The van der Waals surface area contributed by atoms with Crippen LogP contribution in [-0.4, -0.2) is 35.2 Å². The van der Waals surface area contributed by atoms with Crippen molar-refractivity contribution in [2.75, 3.05) is 14.2 Å². The van der Waals surface area contributed by atoms with Gasteiger partial charge in [-0.1, -0.05) is 30.3 Å². The fraction of sp³-hybridized carbons (Fsp3) is 0.158. The molecule has 24 heavy (non-hydrogen) atoms. The summed E-state index contributed by atoms with van der Waals surface area (Å²) in [5, 5.41) is 7.07. The Labute approximate surface area is 140 Å². The van der Waals surface area contributed by atoms with Crippen LogP contribution in [0.5, 0.6) is 5.75 Å². The molecule has 3 aromatic rings. The van der Waals surface area contributed by atoms with Crippen LogP contribution in [0.15, 0.2) is 60.7 Å². The number of amides is 1. The highest BCUT2D eigenvalue weighted by molar-refractivity contribution is 5.93. The van der Waals surface area contributed by atoms with E-state index in [9.17, 15) is 4.79 Å². The van der Waals surface area contributed by atoms with Crippen molar-refractivity contribution in [3.8, 4) is 17.0 Å². The maximum atomic E-state index is 12.5. The third kappa shape index (κ3) is 3.46. The highest BCUT2D eigenvalue weighted by Crippen LogP contribution is 2.21. The number of ether oxygens (including phenoxy) is 1. The average Bonchev–Trinajstić information content (AvgIpc) is 3.12. The Bertz CT molecular complexity index is 810. The molecule has 5 nitrogen and oxygen atoms in total. The number of nitrogens with zero attached hydrogens (tertiary/aromatic N) is 2. The Balaban J connectivity index is 1.73. The maximum Gasteiger partial charge on any atom is 0.271 e. The van der Waals surface area contributed by atoms with Crippen LogP contribution in [0.4, 0.5) is 0 Å². The molecule has 2 aromatic carbocycles. The van der Waals surface area contributed by atoms with Gasteiger partial charge < -0.3 is 9.64 Å². The third-order valence-electron chi connectivity index (χ3n) is 3.80. The van der Waals surface area contributed by atoms with Gasteiger partial charge in [0.25, 0.3) is 5.91 Å². The van der Waals surface area contributed by atoms with Crippen molar-refractivity contribution >= 4 is 5.91 Å². The summed E-state index contributed by atoms with van der Waals surface area (Å²) >= 11 is 0. The summed E-state index contributed by atoms with van der Waals surface area (Å²) in [6.45, 7) is 0.552. The van der Waals surface area contributed by atoms with Gasteiger partial charge in [-0.15, -0.1) is 0 Å². The number of benzene rings is 2. The zero-order valence-electron chi connectivity index (χ0n) is 13.7. The lowest BCUT2D eigenvalue weighted by molar-refractivity contribution is 0.0779. The van der Waals surface area contributed by atoms with Gasteiger partial charge in [-0.25, -0.2) is 0 Å². The third-order valence-corrected chi connectivity index (χ3v) is 3.80. The van der Waals surface area contributed by atoms with Crippen molar-refractivity contribution in [1.29, 1.82) is 0 Å². The summed E-state index contributed by atoms with van der Waals surface area (Å²) in [6.07, 6.45) is 0. The van der Waals surface area contributed by atoms with Crippen LogP contribution < -0.4 is 4.74 Å². The van der Waals surface area contributed by atoms with Crippen molar-refractivity contribution in [2.45, 2.75) is 6.54 Å². The Morgan fingerprint density at radius 2 is 1.83 bits per heavy atom. The summed E-state index contributed by atoms with van der Waals surface area (Å²) in [6, 6.07) is 19.2. The highest BCUT2D eigenvalue weighted by atomic mass is 16.5. The lowest BCUT2D eigenvalue weighted by Gasteiger charge is -2.16. The van der Waals surface area contributed by atoms with E-state index in [1.54, 1.807) is 25.1 Å². The SMILES string of the molecule is COc1ccc(-c2cc(C(=O)N(C)Cc3ccccc3)[nH]n2)cc1. The minimum atomic E-state index is -0.0916. The standard InChI is InChI=1S/C19H19N3O2/c1-22(13-14-6-4-3-5-7-14)19(23)18-12-17(20-21-18)15-8-10-16(24-2)11-9-15/h3-12H,13H2,1-2H3,(H,20,21). The number of H-pyrrole nitrogens is 1. The molecule has 0 aliphatic rings. The summed E-state index contributed by atoms with van der Waals surface area (Å²) in [7, 11) is 3.41. The molecule has 3 rings (SSSR count). The monoisotopic (exact) mass is 321 g/mol. The van der Waals surface area contributed by atoms with Gasteiger partial charge in [-0.2, -0.15) is 5.10 Å². The predicted molar refractivity (Wildman–Crippen MR) is 92.8 cm³/mol. The molecule has 0 bridgehead atoms. The van der Waals surface area contributed by atoms with Crippen LogP contribution in [-0.2, 0) is 6.54 Å². The van der Waals surface area contributed by atoms with Gasteiger partial charge in [-0.05, 0) is 35.9 Å². The van der Waals surface area contributed by atoms with Crippen LogP contribution in [0, 0.1) is 0 Å². The zero-order valence-corrected chi connectivity index (χ0v) is 13.7. The molecule has 0 aliphatic heterocycles. The Morgan fingerprint density at radius 1 is 1.12 bits per heavy atom. The van der Waals surface area contributed by atoms with Gasteiger partial charge in [0.2, 0.25) is 0 Å². The molecule has 1 N–H and O–H groups in total. The van der Waals surface area contributed by atoms with Crippen molar-refractivity contribution in [2.24, 2.45) is 0 Å². The van der Waals surface area contributed by atoms with Gasteiger partial charge in [0, 0.05) is 19.2 Å². The molecule has 0 saturated heterocycles. The van der Waals surface area contributed by atoms with Crippen LogP contribution >= 0.6 is 0 Å². The lowest BCUT2D eigenvalue weighted by Crippen LogP contribution is -2.26. The van der Waals surface area contributed by atoms with Crippen LogP contribution in [0.2, 0.25) is 0 Å². The van der Waals surface area contributed by atoms with Crippen LogP contribution in [0.3, 0.4) is 0 Å². The molecule has 1 aromatic heterocycles. The van der Waals surface area contributed by atoms with E-state index in [1.165, 1.54) is 0 Å². The fourth-order valence-corrected chi connectivity index (χ4v) is 2.48. The molecule has 122 valence electrons. The number of aromatic nitrogens is 2. The van der Waals surface area contributed by atoms with Gasteiger partial charge in [-0.3, -0.25) is 9.89 Å². The number of hydrogen-bond donors (Lipinski definition) is 1. The summed E-state index contributed by atoms with van der Waals surface area (Å²) in [4.78, 5) is 14.2. The highest BCUT2D eigenvalue weighted by Gasteiger charge is 2.15. The molecule has 0 fully saturated rings. The predicted octanol–water partition coefficient (Wildman–Crippen LogP) is 3.36. The average molecular weight is 321 g/mol. The first-order valence-electron chi connectivity index (χ1n) is 7.66. The van der Waals surface area contributed by atoms with E-state index in [4.69, 9.17) is 4.74 Å². The van der Waals surface area contributed by atoms with E-state index in [0.717, 1.165) is 22.6 Å². The molecule has 1 heterocycles. The minimum Gasteiger partial charge on any atom is -0.497 e. The molecule has 0 unspecified atom stereocenters. The van der Waals surface area contributed by atoms with E-state index in [1.807, 2.05) is 54.6 Å². The van der Waals surface area contributed by atoms with Crippen LogP contribution in [0.1, 0.15) is 16.1 Å². The maximum absolute atomic E-state index is 12.5.